The van der Waals surface area contributed by atoms with Crippen molar-refractivity contribution < 1.29 is 0 Å². The molecule has 0 unspecified atom stereocenters. The van der Waals surface area contributed by atoms with Gasteiger partial charge in [0.15, 0.2) is 0 Å². The summed E-state index contributed by atoms with van der Waals surface area (Å²) in [7, 11) is 0. The number of rotatable bonds is 1. The average Bonchev–Trinajstić information content (AvgIpc) is 2.71. The van der Waals surface area contributed by atoms with Crippen molar-refractivity contribution in [3.8, 4) is 23.6 Å². The van der Waals surface area contributed by atoms with Gasteiger partial charge >= 0.3 is 0 Å². The molecule has 0 atom stereocenters. The molecule has 0 bridgehead atoms. The van der Waals surface area contributed by atoms with E-state index in [2.05, 4.69) is 10.9 Å². The van der Waals surface area contributed by atoms with Gasteiger partial charge in [-0.1, -0.05) is 18.1 Å². The summed E-state index contributed by atoms with van der Waals surface area (Å²) in [4.78, 5) is 3.14. The van der Waals surface area contributed by atoms with Crippen LogP contribution in [0.4, 0.5) is 0 Å². The summed E-state index contributed by atoms with van der Waals surface area (Å²) in [5.74, 6) is 2.59. The Bertz CT molecular complexity index is 415. The monoisotopic (exact) mass is 167 g/mol. The molecule has 0 radical (unpaired) electrons. The van der Waals surface area contributed by atoms with Crippen LogP contribution >= 0.6 is 0 Å². The molecule has 0 aliphatic carbocycles. The normalized spacial score (nSPS) is 9.46. The van der Waals surface area contributed by atoms with Crippen LogP contribution in [0.25, 0.3) is 11.3 Å². The zero-order valence-electron chi connectivity index (χ0n) is 7.12. The van der Waals surface area contributed by atoms with Crippen LogP contribution in [0.2, 0.25) is 0 Å². The molecule has 2 aromatic rings. The van der Waals surface area contributed by atoms with E-state index < -0.39 is 0 Å². The third-order valence-corrected chi connectivity index (χ3v) is 1.96. The van der Waals surface area contributed by atoms with Crippen molar-refractivity contribution in [1.29, 1.82) is 0 Å². The number of aromatic nitrogens is 1. The van der Waals surface area contributed by atoms with Gasteiger partial charge in [0.2, 0.25) is 0 Å². The molecule has 0 spiro atoms. The highest BCUT2D eigenvalue weighted by Gasteiger charge is 1.95. The van der Waals surface area contributed by atoms with Crippen molar-refractivity contribution >= 4 is 0 Å². The second kappa shape index (κ2) is 3.20. The zero-order valence-corrected chi connectivity index (χ0v) is 7.12. The van der Waals surface area contributed by atoms with E-state index in [-0.39, 0.29) is 0 Å². The number of hydrogen-bond donors (Lipinski definition) is 1. The topological polar surface area (TPSA) is 15.8 Å². The number of aromatic amines is 1. The quantitative estimate of drug-likeness (QED) is 0.628. The molecule has 1 aromatic heterocycles. The Balaban J connectivity index is 2.40. The molecule has 0 saturated carbocycles. The molecule has 1 aromatic carbocycles. The minimum atomic E-state index is 0.912. The van der Waals surface area contributed by atoms with Crippen LogP contribution in [0.1, 0.15) is 5.56 Å². The van der Waals surface area contributed by atoms with Gasteiger partial charge in [0.25, 0.3) is 0 Å². The summed E-state index contributed by atoms with van der Waals surface area (Å²) >= 11 is 0. The predicted octanol–water partition coefficient (Wildman–Crippen LogP) is 2.66. The molecule has 0 saturated heterocycles. The summed E-state index contributed by atoms with van der Waals surface area (Å²) < 4.78 is 0. The SMILES string of the molecule is C#Cc1ccc(-c2ccc[nH]2)cc1. The first-order valence-corrected chi connectivity index (χ1v) is 4.10. The van der Waals surface area contributed by atoms with E-state index in [9.17, 15) is 0 Å². The fraction of sp³-hybridized carbons (Fsp3) is 0. The third kappa shape index (κ3) is 1.47. The first-order valence-electron chi connectivity index (χ1n) is 4.10. The van der Waals surface area contributed by atoms with Gasteiger partial charge in [0, 0.05) is 17.5 Å². The van der Waals surface area contributed by atoms with Gasteiger partial charge in [-0.25, -0.2) is 0 Å². The maximum Gasteiger partial charge on any atom is 0.0453 e. The second-order valence-corrected chi connectivity index (χ2v) is 2.81. The molecule has 0 aliphatic heterocycles. The number of hydrogen-bond acceptors (Lipinski definition) is 0. The van der Waals surface area contributed by atoms with Gasteiger partial charge in [-0.15, -0.1) is 6.42 Å². The number of benzene rings is 1. The number of nitrogens with one attached hydrogen (secondary N) is 1. The van der Waals surface area contributed by atoms with Crippen molar-refractivity contribution in [2.24, 2.45) is 0 Å². The molecule has 1 N–H and O–H groups in total. The highest BCUT2D eigenvalue weighted by atomic mass is 14.7. The molecule has 13 heavy (non-hydrogen) atoms. The Morgan fingerprint density at radius 3 is 2.38 bits per heavy atom. The zero-order chi connectivity index (χ0) is 9.10. The van der Waals surface area contributed by atoms with Crippen LogP contribution in [0.3, 0.4) is 0 Å². The minimum Gasteiger partial charge on any atom is -0.361 e. The first kappa shape index (κ1) is 7.70. The van der Waals surface area contributed by atoms with E-state index in [1.807, 2.05) is 42.6 Å². The van der Waals surface area contributed by atoms with E-state index in [1.54, 1.807) is 0 Å². The summed E-state index contributed by atoms with van der Waals surface area (Å²) in [5, 5.41) is 0. The number of terminal acetylenes is 1. The maximum atomic E-state index is 5.26. The average molecular weight is 167 g/mol. The molecule has 1 heteroatoms. The van der Waals surface area contributed by atoms with Crippen molar-refractivity contribution in [3.05, 3.63) is 48.2 Å². The molecule has 0 amide bonds. The fourth-order valence-corrected chi connectivity index (χ4v) is 1.26. The lowest BCUT2D eigenvalue weighted by Crippen LogP contribution is -1.77. The Morgan fingerprint density at radius 1 is 1.08 bits per heavy atom. The molecule has 1 heterocycles. The van der Waals surface area contributed by atoms with Gasteiger partial charge in [-0.3, -0.25) is 0 Å². The molecular formula is C12H9N. The van der Waals surface area contributed by atoms with Crippen molar-refractivity contribution in [2.45, 2.75) is 0 Å². The first-order chi connectivity index (χ1) is 6.40. The van der Waals surface area contributed by atoms with Crippen LogP contribution in [-0.4, -0.2) is 4.98 Å². The Hall–Kier alpha value is -1.94. The van der Waals surface area contributed by atoms with Crippen LogP contribution < -0.4 is 0 Å². The molecule has 1 nitrogen and oxygen atoms in total. The smallest absolute Gasteiger partial charge is 0.0453 e. The predicted molar refractivity (Wildman–Crippen MR) is 54.2 cm³/mol. The molecule has 62 valence electrons. The molecule has 0 fully saturated rings. The van der Waals surface area contributed by atoms with E-state index in [1.165, 1.54) is 0 Å². The van der Waals surface area contributed by atoms with E-state index in [4.69, 9.17) is 6.42 Å². The summed E-state index contributed by atoms with van der Waals surface area (Å²) in [6, 6.07) is 11.9. The summed E-state index contributed by atoms with van der Waals surface area (Å²) in [6.07, 6.45) is 7.17. The lowest BCUT2D eigenvalue weighted by atomic mass is 10.1. The lowest BCUT2D eigenvalue weighted by molar-refractivity contribution is 1.40. The van der Waals surface area contributed by atoms with E-state index >= 15 is 0 Å². The second-order valence-electron chi connectivity index (χ2n) is 2.81. The highest BCUT2D eigenvalue weighted by molar-refractivity contribution is 5.60. The Labute approximate surface area is 77.4 Å². The fourth-order valence-electron chi connectivity index (χ4n) is 1.26. The van der Waals surface area contributed by atoms with Crippen molar-refractivity contribution in [2.75, 3.05) is 0 Å². The Morgan fingerprint density at radius 2 is 1.85 bits per heavy atom. The third-order valence-electron chi connectivity index (χ3n) is 1.96. The Kier molecular flexibility index (Phi) is 1.90. The van der Waals surface area contributed by atoms with Crippen molar-refractivity contribution in [1.82, 2.24) is 4.98 Å². The lowest BCUT2D eigenvalue weighted by Gasteiger charge is -1.97. The van der Waals surface area contributed by atoms with Crippen LogP contribution in [0.5, 0.6) is 0 Å². The van der Waals surface area contributed by atoms with E-state index in [0.717, 1.165) is 16.8 Å². The number of H-pyrrole nitrogens is 1. The summed E-state index contributed by atoms with van der Waals surface area (Å²) in [5.41, 5.74) is 3.18. The van der Waals surface area contributed by atoms with Gasteiger partial charge in [-0.2, -0.15) is 0 Å². The van der Waals surface area contributed by atoms with Crippen molar-refractivity contribution in [3.63, 3.8) is 0 Å². The van der Waals surface area contributed by atoms with Gasteiger partial charge in [0.05, 0.1) is 0 Å². The van der Waals surface area contributed by atoms with Gasteiger partial charge in [0.1, 0.15) is 0 Å². The van der Waals surface area contributed by atoms with Crippen LogP contribution in [-0.2, 0) is 0 Å². The maximum absolute atomic E-state index is 5.26. The van der Waals surface area contributed by atoms with Crippen LogP contribution in [0.15, 0.2) is 42.6 Å². The molecular weight excluding hydrogens is 158 g/mol. The van der Waals surface area contributed by atoms with Gasteiger partial charge < -0.3 is 4.98 Å². The molecule has 0 aliphatic rings. The van der Waals surface area contributed by atoms with Crippen LogP contribution in [0, 0.1) is 12.3 Å². The largest absolute Gasteiger partial charge is 0.361 e. The highest BCUT2D eigenvalue weighted by Crippen LogP contribution is 2.16. The summed E-state index contributed by atoms with van der Waals surface area (Å²) in [6.45, 7) is 0. The van der Waals surface area contributed by atoms with Gasteiger partial charge in [-0.05, 0) is 29.8 Å². The minimum absolute atomic E-state index is 0.912. The van der Waals surface area contributed by atoms with E-state index in [0.29, 0.717) is 0 Å². The standard InChI is InChI=1S/C12H9N/c1-2-10-5-7-11(8-6-10)12-4-3-9-13-12/h1,3-9,13H. The molecule has 2 rings (SSSR count).